The van der Waals surface area contributed by atoms with E-state index in [1.54, 1.807) is 0 Å². The standard InChI is InChI=1S/C15H22BrNO/c1-10-3-6-14(7-11(10)2)18-15-8-13(16)5-4-12(15)9-17/h4-5,8,10-11,14H,3,6-7,9,17H2,1-2H3. The van der Waals surface area contributed by atoms with E-state index in [1.807, 2.05) is 18.2 Å². The van der Waals surface area contributed by atoms with Gasteiger partial charge >= 0.3 is 0 Å². The second-order valence-electron chi connectivity index (χ2n) is 5.46. The zero-order valence-corrected chi connectivity index (χ0v) is 12.7. The summed E-state index contributed by atoms with van der Waals surface area (Å²) in [6.07, 6.45) is 3.91. The van der Waals surface area contributed by atoms with E-state index in [0.29, 0.717) is 12.6 Å². The summed E-state index contributed by atoms with van der Waals surface area (Å²) in [6.45, 7) is 5.19. The van der Waals surface area contributed by atoms with E-state index < -0.39 is 0 Å². The minimum atomic E-state index is 0.343. The molecule has 0 saturated heterocycles. The normalized spacial score (nSPS) is 28.1. The van der Waals surface area contributed by atoms with Crippen molar-refractivity contribution >= 4 is 15.9 Å². The van der Waals surface area contributed by atoms with E-state index in [0.717, 1.165) is 40.5 Å². The van der Waals surface area contributed by atoms with E-state index in [4.69, 9.17) is 10.5 Å². The third-order valence-corrected chi connectivity index (χ3v) is 4.59. The van der Waals surface area contributed by atoms with Crippen LogP contribution in [0.5, 0.6) is 5.75 Å². The molecule has 2 nitrogen and oxygen atoms in total. The Morgan fingerprint density at radius 2 is 2.06 bits per heavy atom. The molecule has 0 aromatic heterocycles. The summed E-state index contributed by atoms with van der Waals surface area (Å²) in [5.74, 6) is 2.51. The Morgan fingerprint density at radius 3 is 2.72 bits per heavy atom. The van der Waals surface area contributed by atoms with Crippen LogP contribution in [-0.4, -0.2) is 6.10 Å². The molecule has 1 saturated carbocycles. The van der Waals surface area contributed by atoms with Gasteiger partial charge in [0.05, 0.1) is 6.10 Å². The van der Waals surface area contributed by atoms with Crippen LogP contribution in [0.3, 0.4) is 0 Å². The Labute approximate surface area is 118 Å². The van der Waals surface area contributed by atoms with Crippen molar-refractivity contribution in [3.8, 4) is 5.75 Å². The number of benzene rings is 1. The zero-order chi connectivity index (χ0) is 13.1. The Morgan fingerprint density at radius 1 is 1.28 bits per heavy atom. The first-order valence-corrected chi connectivity index (χ1v) is 7.54. The lowest BCUT2D eigenvalue weighted by Crippen LogP contribution is -2.29. The molecular formula is C15H22BrNO. The summed E-state index contributed by atoms with van der Waals surface area (Å²) in [7, 11) is 0. The number of halogens is 1. The van der Waals surface area contributed by atoms with Gasteiger partial charge in [0.2, 0.25) is 0 Å². The van der Waals surface area contributed by atoms with Crippen molar-refractivity contribution in [1.82, 2.24) is 0 Å². The number of nitrogens with two attached hydrogens (primary N) is 1. The lowest BCUT2D eigenvalue weighted by molar-refractivity contribution is 0.0996. The van der Waals surface area contributed by atoms with Crippen LogP contribution in [0.4, 0.5) is 0 Å². The van der Waals surface area contributed by atoms with Crippen LogP contribution < -0.4 is 10.5 Å². The first-order chi connectivity index (χ1) is 8.60. The second-order valence-corrected chi connectivity index (χ2v) is 6.38. The third kappa shape index (κ3) is 3.27. The van der Waals surface area contributed by atoms with Gasteiger partial charge in [-0.1, -0.05) is 35.8 Å². The summed E-state index contributed by atoms with van der Waals surface area (Å²) in [5.41, 5.74) is 6.85. The number of rotatable bonds is 3. The average molecular weight is 312 g/mol. The molecular weight excluding hydrogens is 290 g/mol. The van der Waals surface area contributed by atoms with Gasteiger partial charge in [-0.25, -0.2) is 0 Å². The molecule has 0 spiro atoms. The van der Waals surface area contributed by atoms with Crippen molar-refractivity contribution in [3.63, 3.8) is 0 Å². The molecule has 1 aliphatic rings. The first-order valence-electron chi connectivity index (χ1n) is 6.75. The minimum Gasteiger partial charge on any atom is -0.490 e. The van der Waals surface area contributed by atoms with Gasteiger partial charge in [0.1, 0.15) is 5.75 Å². The summed E-state index contributed by atoms with van der Waals surface area (Å²) in [5, 5.41) is 0. The lowest BCUT2D eigenvalue weighted by Gasteiger charge is -2.32. The molecule has 0 amide bonds. The summed E-state index contributed by atoms with van der Waals surface area (Å²) in [6, 6.07) is 6.08. The fourth-order valence-electron chi connectivity index (χ4n) is 2.59. The van der Waals surface area contributed by atoms with Gasteiger partial charge in [0, 0.05) is 16.6 Å². The molecule has 0 heterocycles. The predicted octanol–water partition coefficient (Wildman–Crippen LogP) is 4.11. The van der Waals surface area contributed by atoms with Gasteiger partial charge in [-0.3, -0.25) is 0 Å². The summed E-state index contributed by atoms with van der Waals surface area (Å²) >= 11 is 3.49. The number of hydrogen-bond acceptors (Lipinski definition) is 2. The van der Waals surface area contributed by atoms with Gasteiger partial charge in [0.15, 0.2) is 0 Å². The predicted molar refractivity (Wildman–Crippen MR) is 78.6 cm³/mol. The van der Waals surface area contributed by atoms with Crippen molar-refractivity contribution in [2.45, 2.75) is 45.8 Å². The highest BCUT2D eigenvalue weighted by molar-refractivity contribution is 9.10. The van der Waals surface area contributed by atoms with Crippen molar-refractivity contribution in [2.75, 3.05) is 0 Å². The van der Waals surface area contributed by atoms with Crippen molar-refractivity contribution in [2.24, 2.45) is 17.6 Å². The largest absolute Gasteiger partial charge is 0.490 e. The Kier molecular flexibility index (Phi) is 4.68. The lowest BCUT2D eigenvalue weighted by atomic mass is 9.80. The fourth-order valence-corrected chi connectivity index (χ4v) is 2.93. The van der Waals surface area contributed by atoms with E-state index in [2.05, 4.69) is 29.8 Å². The molecule has 1 aliphatic carbocycles. The Balaban J connectivity index is 2.07. The Bertz CT molecular complexity index is 407. The van der Waals surface area contributed by atoms with Crippen molar-refractivity contribution in [3.05, 3.63) is 28.2 Å². The van der Waals surface area contributed by atoms with E-state index in [9.17, 15) is 0 Å². The molecule has 3 heteroatoms. The highest BCUT2D eigenvalue weighted by Crippen LogP contribution is 2.33. The molecule has 0 aliphatic heterocycles. The first kappa shape index (κ1) is 13.9. The molecule has 2 rings (SSSR count). The van der Waals surface area contributed by atoms with Crippen LogP contribution in [0.2, 0.25) is 0 Å². The maximum atomic E-state index is 6.17. The van der Waals surface area contributed by atoms with E-state index >= 15 is 0 Å². The summed E-state index contributed by atoms with van der Waals surface area (Å²) in [4.78, 5) is 0. The third-order valence-electron chi connectivity index (χ3n) is 4.09. The average Bonchev–Trinajstić information content (AvgIpc) is 2.34. The topological polar surface area (TPSA) is 35.2 Å². The molecule has 0 radical (unpaired) electrons. The minimum absolute atomic E-state index is 0.343. The smallest absolute Gasteiger partial charge is 0.125 e. The maximum absolute atomic E-state index is 6.17. The number of hydrogen-bond donors (Lipinski definition) is 1. The monoisotopic (exact) mass is 311 g/mol. The quantitative estimate of drug-likeness (QED) is 0.911. The van der Waals surface area contributed by atoms with Crippen molar-refractivity contribution in [1.29, 1.82) is 0 Å². The highest BCUT2D eigenvalue weighted by atomic mass is 79.9. The maximum Gasteiger partial charge on any atom is 0.125 e. The molecule has 2 N–H and O–H groups in total. The fraction of sp³-hybridized carbons (Fsp3) is 0.600. The van der Waals surface area contributed by atoms with E-state index in [-0.39, 0.29) is 0 Å². The molecule has 1 fully saturated rings. The van der Waals surface area contributed by atoms with Crippen LogP contribution in [0.25, 0.3) is 0 Å². The highest BCUT2D eigenvalue weighted by Gasteiger charge is 2.26. The molecule has 3 atom stereocenters. The molecule has 1 aromatic carbocycles. The second kappa shape index (κ2) is 6.07. The van der Waals surface area contributed by atoms with Crippen LogP contribution >= 0.6 is 15.9 Å². The number of ether oxygens (including phenoxy) is 1. The van der Waals surface area contributed by atoms with Gasteiger partial charge in [-0.05, 0) is 43.2 Å². The Hall–Kier alpha value is -0.540. The molecule has 3 unspecified atom stereocenters. The van der Waals surface area contributed by atoms with Crippen molar-refractivity contribution < 1.29 is 4.74 Å². The van der Waals surface area contributed by atoms with Gasteiger partial charge < -0.3 is 10.5 Å². The zero-order valence-electron chi connectivity index (χ0n) is 11.2. The van der Waals surface area contributed by atoms with Crippen LogP contribution in [0.15, 0.2) is 22.7 Å². The van der Waals surface area contributed by atoms with Gasteiger partial charge in [-0.15, -0.1) is 0 Å². The molecule has 18 heavy (non-hydrogen) atoms. The van der Waals surface area contributed by atoms with Gasteiger partial charge in [0.25, 0.3) is 0 Å². The van der Waals surface area contributed by atoms with Crippen LogP contribution in [0.1, 0.15) is 38.7 Å². The summed E-state index contributed by atoms with van der Waals surface area (Å²) < 4.78 is 7.21. The van der Waals surface area contributed by atoms with E-state index in [1.165, 1.54) is 6.42 Å². The molecule has 1 aromatic rings. The molecule has 0 bridgehead atoms. The van der Waals surface area contributed by atoms with Crippen LogP contribution in [0, 0.1) is 11.8 Å². The van der Waals surface area contributed by atoms with Gasteiger partial charge in [-0.2, -0.15) is 0 Å². The SMILES string of the molecule is CC1CCC(Oc2cc(Br)ccc2CN)CC1C. The molecule has 100 valence electrons. The van der Waals surface area contributed by atoms with Crippen LogP contribution in [-0.2, 0) is 6.54 Å².